The van der Waals surface area contributed by atoms with E-state index in [0.29, 0.717) is 5.02 Å². The Kier molecular flexibility index (Phi) is 4.52. The van der Waals surface area contributed by atoms with E-state index in [0.717, 1.165) is 29.9 Å². The number of hydrazine groups is 1. The topological polar surface area (TPSA) is 68.8 Å². The molecular weight excluding hydrogens is 262 g/mol. The summed E-state index contributed by atoms with van der Waals surface area (Å²) in [5.41, 5.74) is 5.57. The molecular formula is C13H18ClN5. The number of nitrogens with zero attached hydrogens (tertiary/aromatic N) is 3. The highest BCUT2D eigenvalue weighted by atomic mass is 35.5. The van der Waals surface area contributed by atoms with Gasteiger partial charge in [-0.15, -0.1) is 0 Å². The first-order valence-corrected chi connectivity index (χ1v) is 6.65. The smallest absolute Gasteiger partial charge is 0.107 e. The monoisotopic (exact) mass is 279 g/mol. The van der Waals surface area contributed by atoms with Crippen LogP contribution in [0.1, 0.15) is 36.3 Å². The first-order valence-electron chi connectivity index (χ1n) is 6.27. The van der Waals surface area contributed by atoms with Gasteiger partial charge in [0.05, 0.1) is 22.6 Å². The van der Waals surface area contributed by atoms with E-state index in [1.165, 1.54) is 0 Å². The van der Waals surface area contributed by atoms with Gasteiger partial charge in [0.15, 0.2) is 0 Å². The van der Waals surface area contributed by atoms with Crippen molar-refractivity contribution in [3.8, 4) is 0 Å². The second kappa shape index (κ2) is 6.14. The molecule has 2 heterocycles. The third kappa shape index (κ3) is 2.78. The molecule has 0 aliphatic carbocycles. The highest BCUT2D eigenvalue weighted by Crippen LogP contribution is 2.28. The number of halogens is 1. The van der Waals surface area contributed by atoms with E-state index in [1.807, 2.05) is 23.7 Å². The summed E-state index contributed by atoms with van der Waals surface area (Å²) in [4.78, 5) is 4.41. The minimum Gasteiger partial charge on any atom is -0.270 e. The van der Waals surface area contributed by atoms with Crippen LogP contribution in [0.4, 0.5) is 0 Å². The molecule has 0 aromatic carbocycles. The molecule has 0 bridgehead atoms. The summed E-state index contributed by atoms with van der Waals surface area (Å²) in [6.45, 7) is 4.89. The second-order valence-electron chi connectivity index (χ2n) is 4.41. The van der Waals surface area contributed by atoms with Gasteiger partial charge in [0.25, 0.3) is 0 Å². The molecule has 3 N–H and O–H groups in total. The Morgan fingerprint density at radius 3 is 2.95 bits per heavy atom. The predicted octanol–water partition coefficient (Wildman–Crippen LogP) is 2.20. The highest BCUT2D eigenvalue weighted by molar-refractivity contribution is 6.31. The maximum absolute atomic E-state index is 6.25. The minimum atomic E-state index is -0.261. The average molecular weight is 280 g/mol. The minimum absolute atomic E-state index is 0.261. The number of pyridine rings is 1. The van der Waals surface area contributed by atoms with Crippen LogP contribution >= 0.6 is 11.6 Å². The van der Waals surface area contributed by atoms with Gasteiger partial charge in [-0.3, -0.25) is 15.5 Å². The van der Waals surface area contributed by atoms with E-state index in [-0.39, 0.29) is 6.04 Å². The summed E-state index contributed by atoms with van der Waals surface area (Å²) >= 11 is 6.25. The predicted molar refractivity (Wildman–Crippen MR) is 75.7 cm³/mol. The van der Waals surface area contributed by atoms with E-state index >= 15 is 0 Å². The third-order valence-corrected chi connectivity index (χ3v) is 3.32. The maximum atomic E-state index is 6.25. The van der Waals surface area contributed by atoms with Crippen molar-refractivity contribution in [2.24, 2.45) is 5.84 Å². The van der Waals surface area contributed by atoms with E-state index in [9.17, 15) is 0 Å². The Morgan fingerprint density at radius 2 is 2.32 bits per heavy atom. The molecule has 2 rings (SSSR count). The number of nitrogens with two attached hydrogens (primary N) is 1. The van der Waals surface area contributed by atoms with Gasteiger partial charge >= 0.3 is 0 Å². The number of hydrogen-bond acceptors (Lipinski definition) is 4. The zero-order valence-electron chi connectivity index (χ0n) is 11.1. The molecule has 0 aliphatic rings. The number of nitrogens with one attached hydrogen (secondary N) is 1. The Balaban J connectivity index is 2.48. The lowest BCUT2D eigenvalue weighted by atomic mass is 10.1. The van der Waals surface area contributed by atoms with E-state index < -0.39 is 0 Å². The van der Waals surface area contributed by atoms with Crippen LogP contribution in [0.3, 0.4) is 0 Å². The largest absolute Gasteiger partial charge is 0.270 e. The first-order chi connectivity index (χ1) is 9.19. The van der Waals surface area contributed by atoms with Crippen LogP contribution < -0.4 is 11.3 Å². The molecule has 19 heavy (non-hydrogen) atoms. The molecule has 0 fully saturated rings. The first kappa shape index (κ1) is 14.0. The molecule has 2 aromatic rings. The van der Waals surface area contributed by atoms with E-state index in [2.05, 4.69) is 22.4 Å². The van der Waals surface area contributed by atoms with E-state index in [4.69, 9.17) is 17.4 Å². The van der Waals surface area contributed by atoms with Crippen LogP contribution in [0.15, 0.2) is 24.5 Å². The number of hydrogen-bond donors (Lipinski definition) is 2. The summed E-state index contributed by atoms with van der Waals surface area (Å²) in [5, 5.41) is 4.89. The van der Waals surface area contributed by atoms with Gasteiger partial charge in [0, 0.05) is 12.7 Å². The van der Waals surface area contributed by atoms with Crippen LogP contribution in [0.5, 0.6) is 0 Å². The molecule has 1 unspecified atom stereocenters. The molecule has 5 nitrogen and oxygen atoms in total. The summed E-state index contributed by atoms with van der Waals surface area (Å²) in [5.74, 6) is 5.71. The van der Waals surface area contributed by atoms with Gasteiger partial charge < -0.3 is 0 Å². The Labute approximate surface area is 117 Å². The molecule has 0 saturated carbocycles. The van der Waals surface area contributed by atoms with Gasteiger partial charge in [0.2, 0.25) is 0 Å². The van der Waals surface area contributed by atoms with Crippen molar-refractivity contribution < 1.29 is 0 Å². The molecule has 0 amide bonds. The molecule has 0 saturated heterocycles. The fourth-order valence-electron chi connectivity index (χ4n) is 2.14. The molecule has 102 valence electrons. The quantitative estimate of drug-likeness (QED) is 0.650. The summed E-state index contributed by atoms with van der Waals surface area (Å²) < 4.78 is 1.88. The van der Waals surface area contributed by atoms with Crippen molar-refractivity contribution in [1.82, 2.24) is 20.2 Å². The Bertz CT molecular complexity index is 552. The SMILES string of the molecule is CCCn1ncc(Cl)c1C(NN)c1ncccc1C. The molecule has 1 atom stereocenters. The lowest BCUT2D eigenvalue weighted by molar-refractivity contribution is 0.514. The van der Waals surface area contributed by atoms with Crippen molar-refractivity contribution in [1.29, 1.82) is 0 Å². The fourth-order valence-corrected chi connectivity index (χ4v) is 2.39. The van der Waals surface area contributed by atoms with Crippen LogP contribution in [0, 0.1) is 6.92 Å². The van der Waals surface area contributed by atoms with Gasteiger partial charge in [-0.1, -0.05) is 24.6 Å². The zero-order valence-corrected chi connectivity index (χ0v) is 11.9. The summed E-state index contributed by atoms with van der Waals surface area (Å²) in [7, 11) is 0. The van der Waals surface area contributed by atoms with Crippen LogP contribution in [0.25, 0.3) is 0 Å². The van der Waals surface area contributed by atoms with Gasteiger partial charge in [-0.2, -0.15) is 5.10 Å². The average Bonchev–Trinajstić information content (AvgIpc) is 2.75. The lowest BCUT2D eigenvalue weighted by Crippen LogP contribution is -2.32. The zero-order chi connectivity index (χ0) is 13.8. The second-order valence-corrected chi connectivity index (χ2v) is 4.81. The van der Waals surface area contributed by atoms with Crippen molar-refractivity contribution in [2.45, 2.75) is 32.9 Å². The highest BCUT2D eigenvalue weighted by Gasteiger charge is 2.23. The number of aromatic nitrogens is 3. The van der Waals surface area contributed by atoms with Crippen molar-refractivity contribution in [3.63, 3.8) is 0 Å². The molecule has 2 aromatic heterocycles. The van der Waals surface area contributed by atoms with Crippen LogP contribution in [-0.2, 0) is 6.54 Å². The molecule has 0 aliphatic heterocycles. The Morgan fingerprint density at radius 1 is 1.53 bits per heavy atom. The maximum Gasteiger partial charge on any atom is 0.107 e. The molecule has 6 heteroatoms. The van der Waals surface area contributed by atoms with Crippen molar-refractivity contribution in [3.05, 3.63) is 46.5 Å². The van der Waals surface area contributed by atoms with Crippen LogP contribution in [0.2, 0.25) is 5.02 Å². The standard InChI is InChI=1S/C13H18ClN5/c1-3-7-19-13(10(14)8-17-19)12(18-15)11-9(2)5-4-6-16-11/h4-6,8,12,18H,3,7,15H2,1-2H3. The van der Waals surface area contributed by atoms with E-state index in [1.54, 1.807) is 12.4 Å². The lowest BCUT2D eigenvalue weighted by Gasteiger charge is -2.19. The summed E-state index contributed by atoms with van der Waals surface area (Å²) in [6, 6.07) is 3.64. The van der Waals surface area contributed by atoms with Gasteiger partial charge in [0.1, 0.15) is 6.04 Å². The third-order valence-electron chi connectivity index (χ3n) is 3.03. The van der Waals surface area contributed by atoms with Crippen molar-refractivity contribution >= 4 is 11.6 Å². The fraction of sp³-hybridized carbons (Fsp3) is 0.385. The molecule has 0 radical (unpaired) electrons. The van der Waals surface area contributed by atoms with Gasteiger partial charge in [-0.05, 0) is 25.0 Å². The number of aryl methyl sites for hydroxylation is 2. The van der Waals surface area contributed by atoms with Crippen LogP contribution in [-0.4, -0.2) is 14.8 Å². The Hall–Kier alpha value is -1.43. The van der Waals surface area contributed by atoms with Crippen molar-refractivity contribution in [2.75, 3.05) is 0 Å². The molecule has 0 spiro atoms. The number of rotatable bonds is 5. The normalized spacial score (nSPS) is 12.6. The van der Waals surface area contributed by atoms with Gasteiger partial charge in [-0.25, -0.2) is 5.43 Å². The summed E-state index contributed by atoms with van der Waals surface area (Å²) in [6.07, 6.45) is 4.37.